The summed E-state index contributed by atoms with van der Waals surface area (Å²) in [6.45, 7) is 6.47. The summed E-state index contributed by atoms with van der Waals surface area (Å²) >= 11 is 0. The number of aryl methyl sites for hydroxylation is 2. The Bertz CT molecular complexity index is 1120. The van der Waals surface area contributed by atoms with Gasteiger partial charge in [-0.3, -0.25) is 4.79 Å². The van der Waals surface area contributed by atoms with Crippen molar-refractivity contribution < 1.29 is 19.4 Å². The van der Waals surface area contributed by atoms with Crippen molar-refractivity contribution in [2.45, 2.75) is 44.6 Å². The van der Waals surface area contributed by atoms with E-state index in [1.165, 1.54) is 12.0 Å². The van der Waals surface area contributed by atoms with E-state index in [-0.39, 0.29) is 5.91 Å². The summed E-state index contributed by atoms with van der Waals surface area (Å²) in [6, 6.07) is 10.8. The molecule has 4 heterocycles. The molecule has 0 radical (unpaired) electrons. The number of anilines is 2. The van der Waals surface area contributed by atoms with Crippen LogP contribution in [0.1, 0.15) is 47.3 Å². The lowest BCUT2D eigenvalue weighted by Crippen LogP contribution is -2.43. The maximum Gasteiger partial charge on any atom is 0.326 e. The molecule has 0 aliphatic carbocycles. The number of nitrogens with one attached hydrogen (secondary N) is 2. The highest BCUT2D eigenvalue weighted by Gasteiger charge is 2.26. The third-order valence-electron chi connectivity index (χ3n) is 7.95. The second-order valence-electron chi connectivity index (χ2n) is 10.6. The van der Waals surface area contributed by atoms with Crippen LogP contribution in [0.15, 0.2) is 36.4 Å². The molecule has 3 aliphatic heterocycles. The average Bonchev–Trinajstić information content (AvgIpc) is 3.42. The largest absolute Gasteiger partial charge is 0.480 e. The molecule has 0 spiro atoms. The Labute approximate surface area is 224 Å². The number of carbonyl (C=O) groups excluding carboxylic acids is 1. The number of hydrogen-bond donors (Lipinski definition) is 3. The van der Waals surface area contributed by atoms with Crippen LogP contribution in [-0.4, -0.2) is 85.4 Å². The maximum absolute atomic E-state index is 12.9. The quantitative estimate of drug-likeness (QED) is 0.438. The van der Waals surface area contributed by atoms with Crippen LogP contribution < -0.4 is 15.5 Å². The normalized spacial score (nSPS) is 20.4. The molecule has 9 nitrogen and oxygen atoms in total. The van der Waals surface area contributed by atoms with Gasteiger partial charge in [0.05, 0.1) is 13.2 Å². The van der Waals surface area contributed by atoms with Gasteiger partial charge in [0.25, 0.3) is 5.91 Å². The van der Waals surface area contributed by atoms with E-state index in [1.54, 1.807) is 6.07 Å². The molecule has 0 saturated carbocycles. The predicted octanol–water partition coefficient (Wildman–Crippen LogP) is 2.80. The standard InChI is InChI=1S/C29H39N5O4/c35-28(23-3-1-5-25(19-23)34-15-17-38-18-16-34)32-26(29(36)37)11-14-33-13-10-21(20-33)6-8-24-9-7-22-4-2-12-30-27(22)31-24/h1,3,5,7,9,19,21,26H,2,4,6,8,10-18,20H2,(H,30,31)(H,32,35)(H,36,37)/t21-,26?/m1/s1. The molecule has 38 heavy (non-hydrogen) atoms. The minimum atomic E-state index is -0.995. The minimum absolute atomic E-state index is 0.348. The summed E-state index contributed by atoms with van der Waals surface area (Å²) in [4.78, 5) is 34.2. The Kier molecular flexibility index (Phi) is 8.75. The predicted molar refractivity (Wildman–Crippen MR) is 147 cm³/mol. The highest BCUT2D eigenvalue weighted by atomic mass is 16.5. The number of benzene rings is 1. The van der Waals surface area contributed by atoms with Crippen LogP contribution in [-0.2, 0) is 22.4 Å². The van der Waals surface area contributed by atoms with Gasteiger partial charge < -0.3 is 30.3 Å². The first-order valence-corrected chi connectivity index (χ1v) is 14.0. The first-order valence-electron chi connectivity index (χ1n) is 14.0. The van der Waals surface area contributed by atoms with Crippen LogP contribution in [0.4, 0.5) is 11.5 Å². The van der Waals surface area contributed by atoms with Crippen molar-refractivity contribution in [3.8, 4) is 0 Å². The number of amides is 1. The van der Waals surface area contributed by atoms with Gasteiger partial charge in [-0.1, -0.05) is 12.1 Å². The second-order valence-corrected chi connectivity index (χ2v) is 10.6. The SMILES string of the molecule is O=C(NC(CCN1CC[C@@H](CCc2ccc3c(n2)NCCC3)C1)C(=O)O)c1cccc(N2CCOCC2)c1. The number of pyridine rings is 1. The molecule has 1 aromatic heterocycles. The molecule has 204 valence electrons. The van der Waals surface area contributed by atoms with E-state index in [2.05, 4.69) is 32.6 Å². The van der Waals surface area contributed by atoms with E-state index in [1.807, 2.05) is 18.2 Å². The van der Waals surface area contributed by atoms with Gasteiger partial charge in [0.1, 0.15) is 11.9 Å². The molecule has 2 saturated heterocycles. The Balaban J connectivity index is 1.08. The number of carboxylic acid groups (broad SMARTS) is 1. The van der Waals surface area contributed by atoms with Gasteiger partial charge in [-0.05, 0) is 80.8 Å². The van der Waals surface area contributed by atoms with Crippen molar-refractivity contribution in [3.63, 3.8) is 0 Å². The third kappa shape index (κ3) is 6.82. The Morgan fingerprint density at radius 3 is 2.89 bits per heavy atom. The van der Waals surface area contributed by atoms with E-state index in [9.17, 15) is 14.7 Å². The lowest BCUT2D eigenvalue weighted by molar-refractivity contribution is -0.139. The number of hydrogen-bond acceptors (Lipinski definition) is 7. The summed E-state index contributed by atoms with van der Waals surface area (Å²) in [5.41, 5.74) is 3.89. The molecule has 1 unspecified atom stereocenters. The van der Waals surface area contributed by atoms with Crippen LogP contribution in [0.3, 0.4) is 0 Å². The van der Waals surface area contributed by atoms with Crippen molar-refractivity contribution in [2.75, 3.05) is 62.7 Å². The number of nitrogens with zero attached hydrogens (tertiary/aromatic N) is 3. The molecule has 1 amide bonds. The highest BCUT2D eigenvalue weighted by Crippen LogP contribution is 2.24. The first kappa shape index (κ1) is 26.4. The van der Waals surface area contributed by atoms with E-state index in [0.717, 1.165) is 75.6 Å². The molecule has 1 aromatic carbocycles. The minimum Gasteiger partial charge on any atom is -0.480 e. The molecule has 3 aliphatic rings. The second kappa shape index (κ2) is 12.6. The lowest BCUT2D eigenvalue weighted by atomic mass is 10.00. The van der Waals surface area contributed by atoms with Crippen LogP contribution >= 0.6 is 0 Å². The van der Waals surface area contributed by atoms with Gasteiger partial charge >= 0.3 is 5.97 Å². The first-order chi connectivity index (χ1) is 18.5. The number of morpholine rings is 1. The average molecular weight is 522 g/mol. The highest BCUT2D eigenvalue weighted by molar-refractivity contribution is 5.97. The van der Waals surface area contributed by atoms with E-state index < -0.39 is 12.0 Å². The van der Waals surface area contributed by atoms with Crippen LogP contribution in [0.2, 0.25) is 0 Å². The Morgan fingerprint density at radius 2 is 2.05 bits per heavy atom. The lowest BCUT2D eigenvalue weighted by Gasteiger charge is -2.29. The molecule has 9 heteroatoms. The molecule has 3 N–H and O–H groups in total. The van der Waals surface area contributed by atoms with E-state index >= 15 is 0 Å². The summed E-state index contributed by atoms with van der Waals surface area (Å²) in [6.07, 6.45) is 5.81. The third-order valence-corrected chi connectivity index (χ3v) is 7.95. The number of ether oxygens (including phenoxy) is 1. The van der Waals surface area contributed by atoms with Crippen LogP contribution in [0.5, 0.6) is 0 Å². The number of carbonyl (C=O) groups is 2. The zero-order valence-electron chi connectivity index (χ0n) is 22.0. The summed E-state index contributed by atoms with van der Waals surface area (Å²) in [7, 11) is 0. The fourth-order valence-electron chi connectivity index (χ4n) is 5.69. The molecular formula is C29H39N5O4. The number of fused-ring (bicyclic) bond motifs is 1. The Hall–Kier alpha value is -3.17. The van der Waals surface area contributed by atoms with Crippen molar-refractivity contribution in [2.24, 2.45) is 5.92 Å². The fourth-order valence-corrected chi connectivity index (χ4v) is 5.69. The van der Waals surface area contributed by atoms with Gasteiger partial charge in [-0.25, -0.2) is 9.78 Å². The van der Waals surface area contributed by atoms with Crippen molar-refractivity contribution >= 4 is 23.4 Å². The number of aromatic nitrogens is 1. The maximum atomic E-state index is 12.9. The topological polar surface area (TPSA) is 107 Å². The number of rotatable bonds is 10. The summed E-state index contributed by atoms with van der Waals surface area (Å²) in [5.74, 6) is 0.294. The van der Waals surface area contributed by atoms with Crippen LogP contribution in [0.25, 0.3) is 0 Å². The molecular weight excluding hydrogens is 482 g/mol. The molecule has 0 bridgehead atoms. The van der Waals surface area contributed by atoms with Gasteiger partial charge in [0, 0.05) is 49.7 Å². The zero-order chi connectivity index (χ0) is 26.3. The van der Waals surface area contributed by atoms with Crippen LogP contribution in [0, 0.1) is 5.92 Å². The Morgan fingerprint density at radius 1 is 1.18 bits per heavy atom. The van der Waals surface area contributed by atoms with Gasteiger partial charge in [-0.2, -0.15) is 0 Å². The fraction of sp³-hybridized carbons (Fsp3) is 0.552. The number of carboxylic acids is 1. The molecule has 5 rings (SSSR count). The van der Waals surface area contributed by atoms with Crippen molar-refractivity contribution in [1.29, 1.82) is 0 Å². The van der Waals surface area contributed by atoms with E-state index in [4.69, 9.17) is 9.72 Å². The monoisotopic (exact) mass is 521 g/mol. The molecule has 2 fully saturated rings. The smallest absolute Gasteiger partial charge is 0.326 e. The number of likely N-dealkylation sites (tertiary alicyclic amines) is 1. The summed E-state index contributed by atoms with van der Waals surface area (Å²) < 4.78 is 5.41. The number of aliphatic carboxylic acids is 1. The molecule has 2 aromatic rings. The molecule has 2 atom stereocenters. The van der Waals surface area contributed by atoms with Crippen molar-refractivity contribution in [3.05, 3.63) is 53.2 Å². The van der Waals surface area contributed by atoms with E-state index in [0.29, 0.717) is 37.7 Å². The van der Waals surface area contributed by atoms with Crippen molar-refractivity contribution in [1.82, 2.24) is 15.2 Å². The van der Waals surface area contributed by atoms with Gasteiger partial charge in [0.15, 0.2) is 0 Å². The zero-order valence-corrected chi connectivity index (χ0v) is 22.0. The van der Waals surface area contributed by atoms with Gasteiger partial charge in [0.2, 0.25) is 0 Å². The summed E-state index contributed by atoms with van der Waals surface area (Å²) in [5, 5.41) is 15.9. The van der Waals surface area contributed by atoms with Gasteiger partial charge in [-0.15, -0.1) is 0 Å².